The Labute approximate surface area is 132 Å². The number of likely N-dealkylation sites (tertiary alicyclic amines) is 1. The first-order chi connectivity index (χ1) is 10.9. The van der Waals surface area contributed by atoms with Crippen LogP contribution in [0.5, 0.6) is 0 Å². The maximum atomic E-state index is 12.9. The van der Waals surface area contributed by atoms with Crippen LogP contribution in [-0.2, 0) is 12.7 Å². The first-order valence-electron chi connectivity index (χ1n) is 7.42. The van der Waals surface area contributed by atoms with Gasteiger partial charge in [0.2, 0.25) is 0 Å². The van der Waals surface area contributed by atoms with Gasteiger partial charge in [0.1, 0.15) is 0 Å². The van der Waals surface area contributed by atoms with Gasteiger partial charge in [0.25, 0.3) is 0 Å². The van der Waals surface area contributed by atoms with Gasteiger partial charge >= 0.3 is 6.18 Å². The van der Waals surface area contributed by atoms with Crippen molar-refractivity contribution in [1.82, 2.24) is 9.88 Å². The van der Waals surface area contributed by atoms with E-state index >= 15 is 0 Å². The summed E-state index contributed by atoms with van der Waals surface area (Å²) in [6.45, 7) is 0.927. The average Bonchev–Trinajstić information content (AvgIpc) is 2.88. The molecule has 3 rings (SSSR count). The maximum absolute atomic E-state index is 12.9. The molecule has 0 aliphatic carbocycles. The van der Waals surface area contributed by atoms with Crippen LogP contribution in [0.2, 0.25) is 0 Å². The van der Waals surface area contributed by atoms with Gasteiger partial charge in [-0.25, -0.2) is 0 Å². The fourth-order valence-electron chi connectivity index (χ4n) is 3.02. The summed E-state index contributed by atoms with van der Waals surface area (Å²) in [5, 5.41) is 9.95. The molecular formula is C17H17F3N2O. The molecule has 1 N–H and O–H groups in total. The number of aliphatic hydroxyl groups is 1. The van der Waals surface area contributed by atoms with E-state index in [4.69, 9.17) is 0 Å². The number of rotatable bonds is 3. The smallest absolute Gasteiger partial charge is 0.392 e. The molecule has 0 amide bonds. The summed E-state index contributed by atoms with van der Waals surface area (Å²) in [5.41, 5.74) is 0.750. The van der Waals surface area contributed by atoms with E-state index in [2.05, 4.69) is 4.98 Å². The Bertz CT molecular complexity index is 660. The predicted molar refractivity (Wildman–Crippen MR) is 79.5 cm³/mol. The van der Waals surface area contributed by atoms with Gasteiger partial charge in [0, 0.05) is 25.3 Å². The molecule has 2 atom stereocenters. The summed E-state index contributed by atoms with van der Waals surface area (Å²) in [5.74, 6) is 0. The van der Waals surface area contributed by atoms with Crippen LogP contribution in [-0.4, -0.2) is 27.6 Å². The molecule has 1 aliphatic rings. The number of pyridine rings is 1. The summed E-state index contributed by atoms with van der Waals surface area (Å²) in [4.78, 5) is 6.22. The van der Waals surface area contributed by atoms with E-state index in [1.54, 1.807) is 12.3 Å². The highest BCUT2D eigenvalue weighted by Gasteiger charge is 2.35. The van der Waals surface area contributed by atoms with Crippen LogP contribution >= 0.6 is 0 Å². The topological polar surface area (TPSA) is 36.4 Å². The monoisotopic (exact) mass is 322 g/mol. The standard InChI is InChI=1S/C17H17F3N2O/c18-17(19,20)13-5-3-4-12(8-13)16-9-15(23)11-22(16)10-14-6-1-2-7-21-14/h1-8,15-16,23H,9-11H2/t15-,16+/m0/s1. The van der Waals surface area contributed by atoms with Crippen LogP contribution in [0.15, 0.2) is 48.7 Å². The lowest BCUT2D eigenvalue weighted by Gasteiger charge is -2.24. The molecule has 2 heterocycles. The zero-order valence-corrected chi connectivity index (χ0v) is 12.4. The molecule has 6 heteroatoms. The van der Waals surface area contributed by atoms with Gasteiger partial charge in [-0.05, 0) is 36.2 Å². The third kappa shape index (κ3) is 3.71. The first kappa shape index (κ1) is 16.0. The summed E-state index contributed by atoms with van der Waals surface area (Å²) < 4.78 is 38.7. The molecule has 2 aromatic rings. The highest BCUT2D eigenvalue weighted by Crippen LogP contribution is 2.36. The van der Waals surface area contributed by atoms with Crippen molar-refractivity contribution in [3.63, 3.8) is 0 Å². The molecule has 1 aromatic heterocycles. The Kier molecular flexibility index (Phi) is 4.37. The van der Waals surface area contributed by atoms with E-state index < -0.39 is 17.8 Å². The second kappa shape index (κ2) is 6.29. The lowest BCUT2D eigenvalue weighted by Crippen LogP contribution is -2.25. The lowest BCUT2D eigenvalue weighted by atomic mass is 10.0. The normalized spacial score (nSPS) is 22.4. The highest BCUT2D eigenvalue weighted by atomic mass is 19.4. The molecule has 0 unspecified atom stereocenters. The van der Waals surface area contributed by atoms with Gasteiger partial charge < -0.3 is 5.11 Å². The van der Waals surface area contributed by atoms with E-state index in [0.29, 0.717) is 25.1 Å². The molecule has 0 spiro atoms. The lowest BCUT2D eigenvalue weighted by molar-refractivity contribution is -0.137. The van der Waals surface area contributed by atoms with E-state index in [9.17, 15) is 18.3 Å². The van der Waals surface area contributed by atoms with E-state index in [1.807, 2.05) is 23.1 Å². The number of aromatic nitrogens is 1. The second-order valence-electron chi connectivity index (χ2n) is 5.78. The van der Waals surface area contributed by atoms with Crippen molar-refractivity contribution >= 4 is 0 Å². The largest absolute Gasteiger partial charge is 0.416 e. The Morgan fingerprint density at radius 3 is 2.70 bits per heavy atom. The van der Waals surface area contributed by atoms with Crippen molar-refractivity contribution in [2.75, 3.05) is 6.54 Å². The Hall–Kier alpha value is -1.92. The number of alkyl halides is 3. The number of hydrogen-bond acceptors (Lipinski definition) is 3. The van der Waals surface area contributed by atoms with Gasteiger partial charge in [-0.1, -0.05) is 18.2 Å². The van der Waals surface area contributed by atoms with Gasteiger partial charge in [-0.2, -0.15) is 13.2 Å². The van der Waals surface area contributed by atoms with Gasteiger partial charge in [0.15, 0.2) is 0 Å². The van der Waals surface area contributed by atoms with E-state index in [0.717, 1.165) is 11.8 Å². The number of benzene rings is 1. The summed E-state index contributed by atoms with van der Waals surface area (Å²) >= 11 is 0. The molecule has 0 saturated carbocycles. The van der Waals surface area contributed by atoms with Crippen LogP contribution in [0.25, 0.3) is 0 Å². The number of hydrogen-bond donors (Lipinski definition) is 1. The number of β-amino-alcohol motifs (C(OH)–C–C–N with tert-alkyl or cyclic N) is 1. The minimum Gasteiger partial charge on any atom is -0.392 e. The van der Waals surface area contributed by atoms with Crippen molar-refractivity contribution in [3.05, 3.63) is 65.5 Å². The number of halogens is 3. The third-order valence-corrected chi connectivity index (χ3v) is 4.07. The third-order valence-electron chi connectivity index (χ3n) is 4.07. The quantitative estimate of drug-likeness (QED) is 0.941. The SMILES string of the molecule is O[C@H]1C[C@H](c2cccc(C(F)(F)F)c2)N(Cc2ccccn2)C1. The van der Waals surface area contributed by atoms with Crippen molar-refractivity contribution in [2.45, 2.75) is 31.3 Å². The predicted octanol–water partition coefficient (Wildman–Crippen LogP) is 3.41. The van der Waals surface area contributed by atoms with Gasteiger partial charge in [0.05, 0.1) is 17.4 Å². The maximum Gasteiger partial charge on any atom is 0.416 e. The Morgan fingerprint density at radius 1 is 1.17 bits per heavy atom. The van der Waals surface area contributed by atoms with Gasteiger partial charge in [-0.3, -0.25) is 9.88 Å². The summed E-state index contributed by atoms with van der Waals surface area (Å²) in [6, 6.07) is 10.7. The fraction of sp³-hybridized carbons (Fsp3) is 0.353. The van der Waals surface area contributed by atoms with Crippen LogP contribution in [0.3, 0.4) is 0 Å². The van der Waals surface area contributed by atoms with Crippen LogP contribution in [0.4, 0.5) is 13.2 Å². The molecule has 1 saturated heterocycles. The molecule has 0 radical (unpaired) electrons. The van der Waals surface area contributed by atoms with Crippen LogP contribution < -0.4 is 0 Å². The van der Waals surface area contributed by atoms with Gasteiger partial charge in [-0.15, -0.1) is 0 Å². The van der Waals surface area contributed by atoms with Crippen LogP contribution in [0, 0.1) is 0 Å². The molecule has 1 fully saturated rings. The Balaban J connectivity index is 1.85. The Morgan fingerprint density at radius 2 is 2.00 bits per heavy atom. The number of aliphatic hydroxyl groups excluding tert-OH is 1. The van der Waals surface area contributed by atoms with Crippen molar-refractivity contribution < 1.29 is 18.3 Å². The zero-order valence-electron chi connectivity index (χ0n) is 12.4. The zero-order chi connectivity index (χ0) is 16.4. The first-order valence-corrected chi connectivity index (χ1v) is 7.42. The summed E-state index contributed by atoms with van der Waals surface area (Å²) in [6.07, 6.45) is -2.80. The molecule has 3 nitrogen and oxygen atoms in total. The van der Waals surface area contributed by atoms with E-state index in [1.165, 1.54) is 12.1 Å². The average molecular weight is 322 g/mol. The van der Waals surface area contributed by atoms with Crippen molar-refractivity contribution in [1.29, 1.82) is 0 Å². The number of nitrogens with zero attached hydrogens (tertiary/aromatic N) is 2. The molecule has 122 valence electrons. The minimum absolute atomic E-state index is 0.241. The molecular weight excluding hydrogens is 305 g/mol. The van der Waals surface area contributed by atoms with E-state index in [-0.39, 0.29) is 6.04 Å². The van der Waals surface area contributed by atoms with Crippen LogP contribution in [0.1, 0.15) is 29.3 Å². The fourth-order valence-corrected chi connectivity index (χ4v) is 3.02. The summed E-state index contributed by atoms with van der Waals surface area (Å²) in [7, 11) is 0. The molecule has 0 bridgehead atoms. The second-order valence-corrected chi connectivity index (χ2v) is 5.78. The molecule has 23 heavy (non-hydrogen) atoms. The molecule has 1 aromatic carbocycles. The highest BCUT2D eigenvalue weighted by molar-refractivity contribution is 5.29. The van der Waals surface area contributed by atoms with Crippen molar-refractivity contribution in [2.24, 2.45) is 0 Å². The van der Waals surface area contributed by atoms with Crippen molar-refractivity contribution in [3.8, 4) is 0 Å². The molecule has 1 aliphatic heterocycles. The minimum atomic E-state index is -4.36.